The van der Waals surface area contributed by atoms with Crippen molar-refractivity contribution in [3.63, 3.8) is 0 Å². The summed E-state index contributed by atoms with van der Waals surface area (Å²) in [6.07, 6.45) is 5.24. The van der Waals surface area contributed by atoms with Crippen LogP contribution in [0.3, 0.4) is 0 Å². The van der Waals surface area contributed by atoms with Crippen molar-refractivity contribution in [1.82, 2.24) is 5.43 Å². The van der Waals surface area contributed by atoms with Gasteiger partial charge >= 0.3 is 5.91 Å². The van der Waals surface area contributed by atoms with E-state index in [1.807, 2.05) is 61.8 Å². The summed E-state index contributed by atoms with van der Waals surface area (Å²) in [4.78, 5) is 11.7. The fraction of sp³-hybridized carbons (Fsp3) is 0.188. The number of hydrogen-bond donors (Lipinski definition) is 1. The summed E-state index contributed by atoms with van der Waals surface area (Å²) in [6.45, 7) is 2.74. The SMILES string of the molecule is CCOc1ccccc1/C=N/NC(=O)C[n+]1ccccc1.[Cl-]. The number of aromatic nitrogens is 1. The number of hydrogen-bond acceptors (Lipinski definition) is 3. The van der Waals surface area contributed by atoms with Crippen molar-refractivity contribution >= 4 is 12.1 Å². The number of carbonyl (C=O) groups excluding carboxylic acids is 1. The van der Waals surface area contributed by atoms with Gasteiger partial charge in [0.15, 0.2) is 12.4 Å². The van der Waals surface area contributed by atoms with Crippen LogP contribution in [0.25, 0.3) is 0 Å². The second-order valence-corrected chi connectivity index (χ2v) is 4.31. The second-order valence-electron chi connectivity index (χ2n) is 4.31. The zero-order chi connectivity index (χ0) is 14.9. The Morgan fingerprint density at radius 2 is 1.95 bits per heavy atom. The molecule has 0 spiro atoms. The van der Waals surface area contributed by atoms with Crippen LogP contribution in [0.2, 0.25) is 0 Å². The van der Waals surface area contributed by atoms with Gasteiger partial charge in [-0.3, -0.25) is 4.79 Å². The first kappa shape index (κ1) is 17.7. The summed E-state index contributed by atoms with van der Waals surface area (Å²) >= 11 is 0. The van der Waals surface area contributed by atoms with Crippen LogP contribution >= 0.6 is 0 Å². The Labute approximate surface area is 136 Å². The predicted molar refractivity (Wildman–Crippen MR) is 80.0 cm³/mol. The molecule has 1 amide bonds. The minimum atomic E-state index is -0.184. The van der Waals surface area contributed by atoms with Crippen molar-refractivity contribution in [2.75, 3.05) is 6.61 Å². The van der Waals surface area contributed by atoms with Gasteiger partial charge in [0, 0.05) is 17.7 Å². The van der Waals surface area contributed by atoms with Crippen LogP contribution in [0.1, 0.15) is 12.5 Å². The summed E-state index contributed by atoms with van der Waals surface area (Å²) in [5.41, 5.74) is 3.33. The largest absolute Gasteiger partial charge is 1.00 e. The molecule has 2 aromatic rings. The molecule has 5 nitrogen and oxygen atoms in total. The molecule has 0 fully saturated rings. The fourth-order valence-corrected chi connectivity index (χ4v) is 1.79. The number of halogens is 1. The van der Waals surface area contributed by atoms with E-state index in [2.05, 4.69) is 10.5 Å². The van der Waals surface area contributed by atoms with Gasteiger partial charge in [0.2, 0.25) is 6.54 Å². The molecule has 22 heavy (non-hydrogen) atoms. The molecule has 0 saturated heterocycles. The number of pyridine rings is 1. The Bertz CT molecular complexity index is 618. The molecule has 0 saturated carbocycles. The number of ether oxygens (including phenoxy) is 1. The van der Waals surface area contributed by atoms with Gasteiger partial charge in [-0.1, -0.05) is 18.2 Å². The fourth-order valence-electron chi connectivity index (χ4n) is 1.79. The number of hydrazone groups is 1. The maximum atomic E-state index is 11.7. The van der Waals surface area contributed by atoms with Crippen LogP contribution < -0.4 is 27.1 Å². The maximum absolute atomic E-state index is 11.7. The Balaban J connectivity index is 0.00000242. The van der Waals surface area contributed by atoms with E-state index < -0.39 is 0 Å². The highest BCUT2D eigenvalue weighted by Gasteiger charge is 2.06. The maximum Gasteiger partial charge on any atom is 0.305 e. The molecule has 0 aliphatic heterocycles. The first-order valence-corrected chi connectivity index (χ1v) is 6.77. The van der Waals surface area contributed by atoms with E-state index >= 15 is 0 Å². The summed E-state index contributed by atoms with van der Waals surface area (Å²) < 4.78 is 7.26. The Morgan fingerprint density at radius 3 is 2.68 bits per heavy atom. The molecule has 2 rings (SSSR count). The zero-order valence-electron chi connectivity index (χ0n) is 12.3. The highest BCUT2D eigenvalue weighted by Crippen LogP contribution is 2.15. The van der Waals surface area contributed by atoms with Crippen LogP contribution in [0, 0.1) is 0 Å². The third-order valence-electron chi connectivity index (χ3n) is 2.72. The highest BCUT2D eigenvalue weighted by molar-refractivity contribution is 5.84. The van der Waals surface area contributed by atoms with E-state index in [4.69, 9.17) is 4.74 Å². The van der Waals surface area contributed by atoms with Crippen molar-refractivity contribution in [2.45, 2.75) is 13.5 Å². The lowest BCUT2D eigenvalue weighted by Crippen LogP contribution is -3.00. The van der Waals surface area contributed by atoms with Gasteiger partial charge in [-0.15, -0.1) is 0 Å². The quantitative estimate of drug-likeness (QED) is 0.401. The first-order chi connectivity index (χ1) is 10.3. The normalized spacial score (nSPS) is 10.0. The molecule has 6 heteroatoms. The standard InChI is InChI=1S/C16H17N3O2.ClH/c1-2-21-15-9-5-4-8-14(15)12-17-18-16(20)13-19-10-6-3-7-11-19;/h3-12H,2,13H2,1H3;1H/b17-12+;. The first-order valence-electron chi connectivity index (χ1n) is 6.77. The molecule has 0 unspecified atom stereocenters. The number of carbonyl (C=O) groups is 1. The highest BCUT2D eigenvalue weighted by atomic mass is 35.5. The summed E-state index contributed by atoms with van der Waals surface area (Å²) in [5, 5.41) is 3.96. The Hall–Kier alpha value is -2.40. The molecular formula is C16H18ClN3O2. The molecular weight excluding hydrogens is 302 g/mol. The summed E-state index contributed by atoms with van der Waals surface area (Å²) in [7, 11) is 0. The van der Waals surface area contributed by atoms with Crippen LogP contribution in [0.15, 0.2) is 60.0 Å². The summed E-state index contributed by atoms with van der Waals surface area (Å²) in [6, 6.07) is 13.2. The summed E-state index contributed by atoms with van der Waals surface area (Å²) in [5.74, 6) is 0.562. The minimum Gasteiger partial charge on any atom is -1.00 e. The molecule has 0 bridgehead atoms. The lowest BCUT2D eigenvalue weighted by atomic mass is 10.2. The van der Waals surface area contributed by atoms with Gasteiger partial charge < -0.3 is 17.1 Å². The zero-order valence-corrected chi connectivity index (χ0v) is 13.0. The Kier molecular flexibility index (Phi) is 7.64. The van der Waals surface area contributed by atoms with E-state index in [1.54, 1.807) is 10.8 Å². The van der Waals surface area contributed by atoms with E-state index in [9.17, 15) is 4.79 Å². The van der Waals surface area contributed by atoms with Crippen molar-refractivity contribution in [3.8, 4) is 5.75 Å². The number of para-hydroxylation sites is 1. The van der Waals surface area contributed by atoms with Crippen LogP contribution in [-0.2, 0) is 11.3 Å². The van der Waals surface area contributed by atoms with E-state index in [0.29, 0.717) is 6.61 Å². The van der Waals surface area contributed by atoms with Crippen molar-refractivity contribution in [1.29, 1.82) is 0 Å². The number of nitrogens with one attached hydrogen (secondary N) is 1. The van der Waals surface area contributed by atoms with Crippen LogP contribution in [0.4, 0.5) is 0 Å². The van der Waals surface area contributed by atoms with Crippen LogP contribution in [-0.4, -0.2) is 18.7 Å². The molecule has 1 heterocycles. The molecule has 0 aliphatic rings. The lowest BCUT2D eigenvalue weighted by molar-refractivity contribution is -0.684. The average Bonchev–Trinajstić information content (AvgIpc) is 2.50. The van der Waals surface area contributed by atoms with Gasteiger partial charge in [-0.25, -0.2) is 5.43 Å². The van der Waals surface area contributed by atoms with Gasteiger partial charge in [-0.2, -0.15) is 9.67 Å². The smallest absolute Gasteiger partial charge is 0.305 e. The van der Waals surface area contributed by atoms with Crippen molar-refractivity contribution in [2.24, 2.45) is 5.10 Å². The van der Waals surface area contributed by atoms with E-state index in [0.717, 1.165) is 11.3 Å². The van der Waals surface area contributed by atoms with Crippen molar-refractivity contribution in [3.05, 3.63) is 60.4 Å². The number of benzene rings is 1. The van der Waals surface area contributed by atoms with Gasteiger partial charge in [0.05, 0.1) is 12.8 Å². The molecule has 1 aromatic heterocycles. The molecule has 1 N–H and O–H groups in total. The third-order valence-corrected chi connectivity index (χ3v) is 2.72. The van der Waals surface area contributed by atoms with Gasteiger partial charge in [0.25, 0.3) is 0 Å². The molecule has 1 aromatic carbocycles. The number of amides is 1. The molecule has 0 atom stereocenters. The second kappa shape index (κ2) is 9.52. The van der Waals surface area contributed by atoms with Crippen LogP contribution in [0.5, 0.6) is 5.75 Å². The molecule has 0 aliphatic carbocycles. The average molecular weight is 320 g/mol. The predicted octanol–water partition coefficient (Wildman–Crippen LogP) is -1.47. The third kappa shape index (κ3) is 5.54. The lowest BCUT2D eigenvalue weighted by Gasteiger charge is -2.05. The van der Waals surface area contributed by atoms with E-state index in [1.165, 1.54) is 0 Å². The number of rotatable bonds is 6. The topological polar surface area (TPSA) is 54.6 Å². The number of nitrogens with zero attached hydrogens (tertiary/aromatic N) is 2. The monoisotopic (exact) mass is 319 g/mol. The molecule has 0 radical (unpaired) electrons. The van der Waals surface area contributed by atoms with Gasteiger partial charge in [0.1, 0.15) is 5.75 Å². The minimum absolute atomic E-state index is 0. The van der Waals surface area contributed by atoms with Crippen molar-refractivity contribution < 1.29 is 26.5 Å². The Morgan fingerprint density at radius 1 is 1.23 bits per heavy atom. The van der Waals surface area contributed by atoms with Gasteiger partial charge in [-0.05, 0) is 19.1 Å². The van der Waals surface area contributed by atoms with E-state index in [-0.39, 0.29) is 24.9 Å². The molecule has 116 valence electrons.